The zero-order chi connectivity index (χ0) is 13.8. The Bertz CT molecular complexity index is 561. The molecular formula is C16H18ClNO2. The van der Waals surface area contributed by atoms with Gasteiger partial charge in [-0.1, -0.05) is 23.7 Å². The molecule has 0 radical (unpaired) electrons. The number of rotatable bonds is 4. The third-order valence-corrected chi connectivity index (χ3v) is 3.86. The molecule has 0 bridgehead atoms. The van der Waals surface area contributed by atoms with Gasteiger partial charge in [0.15, 0.2) is 0 Å². The summed E-state index contributed by atoms with van der Waals surface area (Å²) in [6.45, 7) is 2.39. The van der Waals surface area contributed by atoms with Crippen molar-refractivity contribution in [2.75, 3.05) is 13.2 Å². The highest BCUT2D eigenvalue weighted by Gasteiger charge is 2.14. The Balaban J connectivity index is 1.63. The average molecular weight is 292 g/mol. The number of hydrogen-bond donors (Lipinski definition) is 1. The molecule has 1 atom stereocenters. The van der Waals surface area contributed by atoms with Crippen LogP contribution in [0.5, 0.6) is 0 Å². The molecule has 2 aromatic rings. The van der Waals surface area contributed by atoms with E-state index >= 15 is 0 Å². The van der Waals surface area contributed by atoms with E-state index in [0.717, 1.165) is 49.7 Å². The Morgan fingerprint density at radius 1 is 1.20 bits per heavy atom. The van der Waals surface area contributed by atoms with Crippen molar-refractivity contribution in [2.45, 2.75) is 25.4 Å². The van der Waals surface area contributed by atoms with Crippen molar-refractivity contribution in [3.8, 4) is 11.3 Å². The van der Waals surface area contributed by atoms with Gasteiger partial charge in [-0.15, -0.1) is 0 Å². The molecule has 0 aliphatic carbocycles. The minimum absolute atomic E-state index is 0.428. The van der Waals surface area contributed by atoms with Crippen LogP contribution in [0.4, 0.5) is 0 Å². The van der Waals surface area contributed by atoms with Crippen LogP contribution in [0.2, 0.25) is 5.02 Å². The van der Waals surface area contributed by atoms with Crippen LogP contribution >= 0.6 is 11.6 Å². The van der Waals surface area contributed by atoms with Gasteiger partial charge in [-0.2, -0.15) is 0 Å². The van der Waals surface area contributed by atoms with Crippen molar-refractivity contribution in [3.63, 3.8) is 0 Å². The molecule has 20 heavy (non-hydrogen) atoms. The van der Waals surface area contributed by atoms with Crippen LogP contribution in [0.25, 0.3) is 11.3 Å². The van der Waals surface area contributed by atoms with Crippen LogP contribution in [0.1, 0.15) is 18.6 Å². The highest BCUT2D eigenvalue weighted by molar-refractivity contribution is 6.33. The lowest BCUT2D eigenvalue weighted by molar-refractivity contribution is 0.0693. The highest BCUT2D eigenvalue weighted by Crippen LogP contribution is 2.29. The molecule has 1 aromatic carbocycles. The molecule has 1 unspecified atom stereocenters. The van der Waals surface area contributed by atoms with Crippen LogP contribution in [0.3, 0.4) is 0 Å². The molecule has 4 heteroatoms. The molecule has 2 heterocycles. The standard InChI is InChI=1S/C16H18ClNO2/c17-15-6-2-1-5-14(15)16-8-7-13(20-16)10-18-12-4-3-9-19-11-12/h1-2,5-8,12,18H,3-4,9-11H2. The Labute approximate surface area is 123 Å². The first-order chi connectivity index (χ1) is 9.83. The maximum absolute atomic E-state index is 6.17. The SMILES string of the molecule is Clc1ccccc1-c1ccc(CNC2CCCOC2)o1. The normalized spacial score (nSPS) is 19.1. The van der Waals surface area contributed by atoms with Crippen LogP contribution in [-0.2, 0) is 11.3 Å². The second-order valence-electron chi connectivity index (χ2n) is 5.04. The van der Waals surface area contributed by atoms with Crippen molar-refractivity contribution in [2.24, 2.45) is 0 Å². The predicted molar refractivity (Wildman–Crippen MR) is 79.8 cm³/mol. The minimum atomic E-state index is 0.428. The van der Waals surface area contributed by atoms with Crippen molar-refractivity contribution >= 4 is 11.6 Å². The third kappa shape index (κ3) is 3.23. The van der Waals surface area contributed by atoms with Crippen LogP contribution in [-0.4, -0.2) is 19.3 Å². The van der Waals surface area contributed by atoms with E-state index in [1.807, 2.05) is 36.4 Å². The summed E-state index contributed by atoms with van der Waals surface area (Å²) < 4.78 is 11.3. The molecule has 3 nitrogen and oxygen atoms in total. The summed E-state index contributed by atoms with van der Waals surface area (Å²) in [4.78, 5) is 0. The first-order valence-electron chi connectivity index (χ1n) is 6.97. The zero-order valence-corrected chi connectivity index (χ0v) is 12.0. The Morgan fingerprint density at radius 2 is 2.10 bits per heavy atom. The third-order valence-electron chi connectivity index (χ3n) is 3.53. The van der Waals surface area contributed by atoms with Gasteiger partial charge in [0.05, 0.1) is 18.2 Å². The molecule has 1 aliphatic rings. The van der Waals surface area contributed by atoms with Crippen molar-refractivity contribution in [3.05, 3.63) is 47.2 Å². The fourth-order valence-corrected chi connectivity index (χ4v) is 2.65. The molecule has 1 fully saturated rings. The Kier molecular flexibility index (Phi) is 4.41. The molecular weight excluding hydrogens is 274 g/mol. The van der Waals surface area contributed by atoms with E-state index in [2.05, 4.69) is 5.32 Å². The second kappa shape index (κ2) is 6.44. The van der Waals surface area contributed by atoms with Gasteiger partial charge in [0.2, 0.25) is 0 Å². The number of hydrogen-bond acceptors (Lipinski definition) is 3. The number of furan rings is 1. The summed E-state index contributed by atoms with van der Waals surface area (Å²) in [6, 6.07) is 12.1. The average Bonchev–Trinajstić information content (AvgIpc) is 2.95. The summed E-state index contributed by atoms with van der Waals surface area (Å²) in [5, 5.41) is 4.18. The van der Waals surface area contributed by atoms with E-state index in [-0.39, 0.29) is 0 Å². The smallest absolute Gasteiger partial charge is 0.135 e. The summed E-state index contributed by atoms with van der Waals surface area (Å²) in [7, 11) is 0. The van der Waals surface area contributed by atoms with Gasteiger partial charge < -0.3 is 14.5 Å². The van der Waals surface area contributed by atoms with E-state index in [1.165, 1.54) is 0 Å². The molecule has 1 saturated heterocycles. The summed E-state index contributed by atoms with van der Waals surface area (Å²) in [5.41, 5.74) is 0.932. The fourth-order valence-electron chi connectivity index (χ4n) is 2.43. The van der Waals surface area contributed by atoms with Crippen molar-refractivity contribution < 1.29 is 9.15 Å². The topological polar surface area (TPSA) is 34.4 Å². The molecule has 0 saturated carbocycles. The van der Waals surface area contributed by atoms with Gasteiger partial charge >= 0.3 is 0 Å². The number of ether oxygens (including phenoxy) is 1. The van der Waals surface area contributed by atoms with E-state index in [1.54, 1.807) is 0 Å². The lowest BCUT2D eigenvalue weighted by Gasteiger charge is -2.22. The maximum Gasteiger partial charge on any atom is 0.135 e. The maximum atomic E-state index is 6.17. The van der Waals surface area contributed by atoms with Crippen molar-refractivity contribution in [1.82, 2.24) is 5.32 Å². The van der Waals surface area contributed by atoms with Gasteiger partial charge in [0, 0.05) is 18.2 Å². The minimum Gasteiger partial charge on any atom is -0.460 e. The lowest BCUT2D eigenvalue weighted by Crippen LogP contribution is -2.36. The molecule has 1 aliphatic heterocycles. The summed E-state index contributed by atoms with van der Waals surface area (Å²) in [5.74, 6) is 1.73. The van der Waals surface area contributed by atoms with E-state index in [0.29, 0.717) is 11.1 Å². The Morgan fingerprint density at radius 3 is 2.90 bits per heavy atom. The summed E-state index contributed by atoms with van der Waals surface area (Å²) >= 11 is 6.17. The van der Waals surface area contributed by atoms with E-state index in [9.17, 15) is 0 Å². The molecule has 3 rings (SSSR count). The number of halogens is 1. The zero-order valence-electron chi connectivity index (χ0n) is 11.3. The first kappa shape index (κ1) is 13.7. The highest BCUT2D eigenvalue weighted by atomic mass is 35.5. The molecule has 0 amide bonds. The lowest BCUT2D eigenvalue weighted by atomic mass is 10.1. The number of nitrogens with one attached hydrogen (secondary N) is 1. The van der Waals surface area contributed by atoms with Crippen LogP contribution in [0, 0.1) is 0 Å². The van der Waals surface area contributed by atoms with E-state index in [4.69, 9.17) is 20.8 Å². The predicted octanol–water partition coefficient (Wildman–Crippen LogP) is 3.87. The molecule has 106 valence electrons. The van der Waals surface area contributed by atoms with Gasteiger partial charge in [0.25, 0.3) is 0 Å². The Hall–Kier alpha value is -1.29. The van der Waals surface area contributed by atoms with Gasteiger partial charge in [-0.25, -0.2) is 0 Å². The summed E-state index contributed by atoms with van der Waals surface area (Å²) in [6.07, 6.45) is 2.29. The largest absolute Gasteiger partial charge is 0.460 e. The quantitative estimate of drug-likeness (QED) is 0.928. The first-order valence-corrected chi connectivity index (χ1v) is 7.35. The molecule has 1 N–H and O–H groups in total. The van der Waals surface area contributed by atoms with Crippen LogP contribution < -0.4 is 5.32 Å². The molecule has 0 spiro atoms. The monoisotopic (exact) mass is 291 g/mol. The fraction of sp³-hybridized carbons (Fsp3) is 0.375. The number of benzene rings is 1. The van der Waals surface area contributed by atoms with E-state index < -0.39 is 0 Å². The molecule has 1 aromatic heterocycles. The van der Waals surface area contributed by atoms with Gasteiger partial charge in [-0.3, -0.25) is 0 Å². The second-order valence-corrected chi connectivity index (χ2v) is 5.45. The van der Waals surface area contributed by atoms with Crippen molar-refractivity contribution in [1.29, 1.82) is 0 Å². The van der Waals surface area contributed by atoms with Crippen LogP contribution in [0.15, 0.2) is 40.8 Å². The van der Waals surface area contributed by atoms with Gasteiger partial charge in [-0.05, 0) is 37.1 Å². The van der Waals surface area contributed by atoms with Gasteiger partial charge in [0.1, 0.15) is 11.5 Å².